The van der Waals surface area contributed by atoms with Crippen LogP contribution in [0.1, 0.15) is 29.7 Å². The summed E-state index contributed by atoms with van der Waals surface area (Å²) in [5, 5.41) is 0. The summed E-state index contributed by atoms with van der Waals surface area (Å²) in [6.45, 7) is 10.3. The minimum Gasteiger partial charge on any atom is -0.372 e. The summed E-state index contributed by atoms with van der Waals surface area (Å²) >= 11 is 0. The number of anilines is 2. The van der Waals surface area contributed by atoms with E-state index in [2.05, 4.69) is 112 Å². The maximum atomic E-state index is 4.72. The molecule has 4 heteroatoms. The molecular weight excluding hydrogens is 428 g/mol. The Morgan fingerprint density at radius 1 is 0.543 bits per heavy atom. The minimum atomic E-state index is 0. The number of aromatic nitrogens is 2. The van der Waals surface area contributed by atoms with Crippen molar-refractivity contribution in [3.05, 3.63) is 95.3 Å². The Balaban J connectivity index is 0.00000342. The normalized spacial score (nSPS) is 10.6. The third kappa shape index (κ3) is 6.48. The number of hydrogen-bond donors (Lipinski definition) is 0. The molecular formula is C31H38N4. The molecule has 0 spiro atoms. The topological polar surface area (TPSA) is 32.3 Å². The van der Waals surface area contributed by atoms with Crippen LogP contribution in [0.15, 0.2) is 73.1 Å². The number of likely N-dealkylation sites (N-methyl/N-ethyl adjacent to an activating group) is 2. The van der Waals surface area contributed by atoms with E-state index < -0.39 is 0 Å². The second-order valence-corrected chi connectivity index (χ2v) is 9.40. The van der Waals surface area contributed by atoms with Gasteiger partial charge in [0.25, 0.3) is 0 Å². The molecule has 0 aliphatic carbocycles. The molecule has 0 bridgehead atoms. The van der Waals surface area contributed by atoms with E-state index in [0.717, 1.165) is 35.9 Å². The molecule has 0 radical (unpaired) electrons. The van der Waals surface area contributed by atoms with Crippen LogP contribution in [0.5, 0.6) is 0 Å². The molecule has 0 aliphatic rings. The molecule has 4 aromatic rings. The standard InChI is InChI=1S/C30H34N4.CH4/c1-21-13-22(2)16-25(15-21)29-9-7-27(19-31-29)33(5)11-12-34(6)28-8-10-30(32-20-28)26-17-23(3)14-24(4)18-26;/h7-10,13-20H,11-12H2,1-6H3;1H4. The van der Waals surface area contributed by atoms with Gasteiger partial charge in [-0.1, -0.05) is 41.8 Å². The molecule has 0 atom stereocenters. The highest BCUT2D eigenvalue weighted by Gasteiger charge is 2.08. The van der Waals surface area contributed by atoms with Crippen LogP contribution in [0.2, 0.25) is 0 Å². The van der Waals surface area contributed by atoms with Crippen LogP contribution >= 0.6 is 0 Å². The molecule has 0 aliphatic heterocycles. The molecule has 0 fully saturated rings. The third-order valence-electron chi connectivity index (χ3n) is 6.18. The van der Waals surface area contributed by atoms with Crippen molar-refractivity contribution in [1.82, 2.24) is 9.97 Å². The Morgan fingerprint density at radius 2 is 0.886 bits per heavy atom. The first-order valence-electron chi connectivity index (χ1n) is 11.8. The van der Waals surface area contributed by atoms with Gasteiger partial charge in [0, 0.05) is 38.3 Å². The van der Waals surface area contributed by atoms with E-state index in [9.17, 15) is 0 Å². The van der Waals surface area contributed by atoms with Gasteiger partial charge in [0.1, 0.15) is 0 Å². The van der Waals surface area contributed by atoms with Gasteiger partial charge >= 0.3 is 0 Å². The van der Waals surface area contributed by atoms with Gasteiger partial charge in [0.05, 0.1) is 35.2 Å². The number of benzene rings is 2. The molecule has 0 amide bonds. The van der Waals surface area contributed by atoms with Crippen LogP contribution in [-0.4, -0.2) is 37.2 Å². The number of rotatable bonds is 7. The van der Waals surface area contributed by atoms with Crippen LogP contribution in [0.25, 0.3) is 22.5 Å². The fourth-order valence-corrected chi connectivity index (χ4v) is 4.37. The Kier molecular flexibility index (Phi) is 8.29. The first-order valence-corrected chi connectivity index (χ1v) is 11.8. The van der Waals surface area contributed by atoms with Crippen LogP contribution < -0.4 is 9.80 Å². The van der Waals surface area contributed by atoms with Gasteiger partial charge in [0.15, 0.2) is 0 Å². The van der Waals surface area contributed by atoms with Gasteiger partial charge in [-0.2, -0.15) is 0 Å². The van der Waals surface area contributed by atoms with Crippen LogP contribution in [0.3, 0.4) is 0 Å². The molecule has 182 valence electrons. The quantitative estimate of drug-likeness (QED) is 0.287. The first kappa shape index (κ1) is 26.0. The second kappa shape index (κ2) is 11.2. The zero-order valence-corrected chi connectivity index (χ0v) is 21.1. The van der Waals surface area contributed by atoms with Crippen molar-refractivity contribution in [1.29, 1.82) is 0 Å². The second-order valence-electron chi connectivity index (χ2n) is 9.40. The maximum absolute atomic E-state index is 4.72. The Labute approximate surface area is 211 Å². The lowest BCUT2D eigenvalue weighted by Crippen LogP contribution is -2.30. The lowest BCUT2D eigenvalue weighted by Gasteiger charge is -2.25. The van der Waals surface area contributed by atoms with E-state index in [1.165, 1.54) is 33.4 Å². The Bertz CT molecular complexity index is 1120. The fraction of sp³-hybridized carbons (Fsp3) is 0.290. The highest BCUT2D eigenvalue weighted by molar-refractivity contribution is 5.64. The largest absolute Gasteiger partial charge is 0.372 e. The predicted octanol–water partition coefficient (Wildman–Crippen LogP) is 7.25. The molecule has 0 N–H and O–H groups in total. The summed E-state index contributed by atoms with van der Waals surface area (Å²) in [6, 6.07) is 21.7. The van der Waals surface area contributed by atoms with Crippen molar-refractivity contribution in [3.63, 3.8) is 0 Å². The molecule has 4 rings (SSSR count). The van der Waals surface area contributed by atoms with Crippen molar-refractivity contribution in [2.24, 2.45) is 0 Å². The summed E-state index contributed by atoms with van der Waals surface area (Å²) in [4.78, 5) is 13.9. The van der Waals surface area contributed by atoms with Crippen molar-refractivity contribution in [2.45, 2.75) is 35.1 Å². The molecule has 2 heterocycles. The molecule has 0 unspecified atom stereocenters. The van der Waals surface area contributed by atoms with Gasteiger partial charge in [-0.15, -0.1) is 0 Å². The zero-order chi connectivity index (χ0) is 24.2. The average molecular weight is 467 g/mol. The van der Waals surface area contributed by atoms with Gasteiger partial charge in [0.2, 0.25) is 0 Å². The number of hydrogen-bond acceptors (Lipinski definition) is 4. The molecule has 4 nitrogen and oxygen atoms in total. The highest BCUT2D eigenvalue weighted by atomic mass is 15.2. The van der Waals surface area contributed by atoms with Crippen LogP contribution in [0.4, 0.5) is 11.4 Å². The zero-order valence-electron chi connectivity index (χ0n) is 21.1. The lowest BCUT2D eigenvalue weighted by atomic mass is 10.0. The van der Waals surface area contributed by atoms with E-state index >= 15 is 0 Å². The van der Waals surface area contributed by atoms with Gasteiger partial charge < -0.3 is 9.80 Å². The summed E-state index contributed by atoms with van der Waals surface area (Å²) < 4.78 is 0. The van der Waals surface area contributed by atoms with E-state index in [1.807, 2.05) is 12.4 Å². The smallest absolute Gasteiger partial charge is 0.0703 e. The minimum absolute atomic E-state index is 0. The van der Waals surface area contributed by atoms with Gasteiger partial charge in [-0.25, -0.2) is 0 Å². The predicted molar refractivity (Wildman–Crippen MR) is 152 cm³/mol. The van der Waals surface area contributed by atoms with Crippen molar-refractivity contribution in [3.8, 4) is 22.5 Å². The monoisotopic (exact) mass is 466 g/mol. The van der Waals surface area contributed by atoms with E-state index in [-0.39, 0.29) is 7.43 Å². The van der Waals surface area contributed by atoms with E-state index in [1.54, 1.807) is 0 Å². The third-order valence-corrected chi connectivity index (χ3v) is 6.18. The summed E-state index contributed by atoms with van der Waals surface area (Å²) in [6.07, 6.45) is 3.93. The lowest BCUT2D eigenvalue weighted by molar-refractivity contribution is 0.829. The van der Waals surface area contributed by atoms with E-state index in [4.69, 9.17) is 9.97 Å². The summed E-state index contributed by atoms with van der Waals surface area (Å²) in [5.41, 5.74) is 11.6. The molecule has 35 heavy (non-hydrogen) atoms. The molecule has 2 aromatic carbocycles. The summed E-state index contributed by atoms with van der Waals surface area (Å²) in [7, 11) is 4.23. The van der Waals surface area contributed by atoms with Crippen molar-refractivity contribution < 1.29 is 0 Å². The van der Waals surface area contributed by atoms with E-state index in [0.29, 0.717) is 0 Å². The average Bonchev–Trinajstić information content (AvgIpc) is 2.81. The Hall–Kier alpha value is -3.66. The van der Waals surface area contributed by atoms with Crippen LogP contribution in [-0.2, 0) is 0 Å². The highest BCUT2D eigenvalue weighted by Crippen LogP contribution is 2.24. The van der Waals surface area contributed by atoms with Crippen molar-refractivity contribution >= 4 is 11.4 Å². The number of aryl methyl sites for hydroxylation is 4. The van der Waals surface area contributed by atoms with Crippen LogP contribution in [0, 0.1) is 27.7 Å². The fourth-order valence-electron chi connectivity index (χ4n) is 4.37. The number of pyridine rings is 2. The molecule has 0 saturated carbocycles. The van der Waals surface area contributed by atoms with Crippen molar-refractivity contribution in [2.75, 3.05) is 37.0 Å². The van der Waals surface area contributed by atoms with Gasteiger partial charge in [-0.05, 0) is 76.2 Å². The first-order chi connectivity index (χ1) is 16.3. The molecule has 2 aromatic heterocycles. The van der Waals surface area contributed by atoms with Gasteiger partial charge in [-0.3, -0.25) is 9.97 Å². The number of nitrogens with zero attached hydrogens (tertiary/aromatic N) is 4. The summed E-state index contributed by atoms with van der Waals surface area (Å²) in [5.74, 6) is 0. The molecule has 0 saturated heterocycles. The SMILES string of the molecule is C.Cc1cc(C)cc(-c2ccc(N(C)CCN(C)c3ccc(-c4cc(C)cc(C)c4)nc3)cn2)c1. The maximum Gasteiger partial charge on any atom is 0.0703 e. The Morgan fingerprint density at radius 3 is 1.17 bits per heavy atom.